The van der Waals surface area contributed by atoms with Gasteiger partial charge in [-0.05, 0) is 33.6 Å². The third-order valence-corrected chi connectivity index (χ3v) is 4.23. The second-order valence-corrected chi connectivity index (χ2v) is 5.93. The monoisotopic (exact) mass is 464 g/mol. The van der Waals surface area contributed by atoms with Gasteiger partial charge in [0.05, 0.1) is 12.5 Å². The van der Waals surface area contributed by atoms with Crippen LogP contribution in [-0.2, 0) is 23.1 Å². The van der Waals surface area contributed by atoms with E-state index in [0.29, 0.717) is 19.7 Å². The van der Waals surface area contributed by atoms with Crippen LogP contribution in [0.5, 0.6) is 0 Å². The van der Waals surface area contributed by atoms with Gasteiger partial charge in [0.25, 0.3) is 0 Å². The molecule has 0 bridgehead atoms. The molecule has 1 aromatic heterocycles. The lowest BCUT2D eigenvalue weighted by Crippen LogP contribution is -2.48. The fourth-order valence-electron chi connectivity index (χ4n) is 2.78. The molecule has 1 fully saturated rings. The number of hydrogen-bond acceptors (Lipinski definition) is 5. The fourth-order valence-corrected chi connectivity index (χ4v) is 2.78. The molecule has 1 aromatic rings. The molecule has 1 N–H and O–H groups in total. The van der Waals surface area contributed by atoms with Gasteiger partial charge in [-0.1, -0.05) is 0 Å². The molecule has 0 spiro atoms. The second kappa shape index (κ2) is 10.6. The fraction of sp³-hybridized carbons (Fsp3) is 0.750. The van der Waals surface area contributed by atoms with Crippen LogP contribution in [0, 0.1) is 12.8 Å². The summed E-state index contributed by atoms with van der Waals surface area (Å²) in [7, 11) is 1.94. The van der Waals surface area contributed by atoms with Crippen molar-refractivity contribution in [2.24, 2.45) is 18.0 Å². The Bertz CT molecular complexity index is 589. The predicted molar refractivity (Wildman–Crippen MR) is 107 cm³/mol. The minimum atomic E-state index is -0.109. The minimum Gasteiger partial charge on any atom is -0.466 e. The maximum Gasteiger partial charge on any atom is 0.310 e. The maximum atomic E-state index is 12.0. The van der Waals surface area contributed by atoms with E-state index >= 15 is 0 Å². The zero-order valence-corrected chi connectivity index (χ0v) is 17.8. The van der Waals surface area contributed by atoms with E-state index in [4.69, 9.17) is 4.74 Å². The van der Waals surface area contributed by atoms with Gasteiger partial charge in [0.15, 0.2) is 11.8 Å². The number of piperidine rings is 1. The van der Waals surface area contributed by atoms with E-state index in [9.17, 15) is 4.79 Å². The first-order valence-corrected chi connectivity index (χ1v) is 8.61. The average molecular weight is 464 g/mol. The first kappa shape index (κ1) is 21.7. The first-order valence-electron chi connectivity index (χ1n) is 8.61. The number of nitrogens with zero attached hydrogens (tertiary/aromatic N) is 5. The Morgan fingerprint density at radius 2 is 2.16 bits per heavy atom. The molecule has 1 unspecified atom stereocenters. The van der Waals surface area contributed by atoms with Crippen LogP contribution in [0.1, 0.15) is 38.3 Å². The molecule has 25 heavy (non-hydrogen) atoms. The van der Waals surface area contributed by atoms with Crippen molar-refractivity contribution in [1.29, 1.82) is 0 Å². The molecule has 0 aromatic carbocycles. The number of guanidine groups is 1. The zero-order valence-electron chi connectivity index (χ0n) is 15.5. The molecular formula is C16H29IN6O2. The third kappa shape index (κ3) is 5.82. The second-order valence-electron chi connectivity index (χ2n) is 5.93. The van der Waals surface area contributed by atoms with Crippen molar-refractivity contribution in [2.75, 3.05) is 26.2 Å². The van der Waals surface area contributed by atoms with Crippen molar-refractivity contribution < 1.29 is 9.53 Å². The summed E-state index contributed by atoms with van der Waals surface area (Å²) < 4.78 is 7.10. The van der Waals surface area contributed by atoms with Gasteiger partial charge < -0.3 is 19.5 Å². The minimum absolute atomic E-state index is 0. The van der Waals surface area contributed by atoms with Gasteiger partial charge in [-0.2, -0.15) is 0 Å². The van der Waals surface area contributed by atoms with Crippen molar-refractivity contribution in [3.05, 3.63) is 11.6 Å². The largest absolute Gasteiger partial charge is 0.466 e. The van der Waals surface area contributed by atoms with Crippen molar-refractivity contribution in [3.8, 4) is 0 Å². The number of hydrogen-bond donors (Lipinski definition) is 1. The van der Waals surface area contributed by atoms with E-state index < -0.39 is 0 Å². The van der Waals surface area contributed by atoms with Crippen LogP contribution in [0.15, 0.2) is 4.99 Å². The Morgan fingerprint density at radius 1 is 1.40 bits per heavy atom. The van der Waals surface area contributed by atoms with Crippen molar-refractivity contribution >= 4 is 35.9 Å². The Hall–Kier alpha value is -1.39. The van der Waals surface area contributed by atoms with Crippen LogP contribution < -0.4 is 5.32 Å². The summed E-state index contributed by atoms with van der Waals surface area (Å²) in [6, 6.07) is 0. The highest BCUT2D eigenvalue weighted by atomic mass is 127. The Balaban J connectivity index is 0.00000312. The van der Waals surface area contributed by atoms with Crippen LogP contribution in [0.25, 0.3) is 0 Å². The highest BCUT2D eigenvalue weighted by molar-refractivity contribution is 14.0. The number of halogens is 1. The van der Waals surface area contributed by atoms with E-state index in [2.05, 4.69) is 25.4 Å². The van der Waals surface area contributed by atoms with Crippen LogP contribution in [-0.4, -0.2) is 57.8 Å². The molecule has 2 heterocycles. The molecule has 1 aliphatic rings. The van der Waals surface area contributed by atoms with Gasteiger partial charge in [0.1, 0.15) is 12.4 Å². The molecule has 1 atom stereocenters. The van der Waals surface area contributed by atoms with E-state index in [0.717, 1.165) is 43.5 Å². The lowest BCUT2D eigenvalue weighted by atomic mass is 9.98. The van der Waals surface area contributed by atoms with Gasteiger partial charge in [-0.15, -0.1) is 34.2 Å². The van der Waals surface area contributed by atoms with Crippen molar-refractivity contribution in [1.82, 2.24) is 25.0 Å². The molecular weight excluding hydrogens is 435 g/mol. The van der Waals surface area contributed by atoms with Gasteiger partial charge in [0, 0.05) is 26.7 Å². The van der Waals surface area contributed by atoms with Gasteiger partial charge in [-0.25, -0.2) is 4.99 Å². The van der Waals surface area contributed by atoms with Gasteiger partial charge in [-0.3, -0.25) is 4.79 Å². The highest BCUT2D eigenvalue weighted by Gasteiger charge is 2.28. The molecule has 1 saturated heterocycles. The summed E-state index contributed by atoms with van der Waals surface area (Å²) in [4.78, 5) is 18.8. The molecule has 8 nitrogen and oxygen atoms in total. The molecule has 142 valence electrons. The summed E-state index contributed by atoms with van der Waals surface area (Å²) in [6.07, 6.45) is 1.83. The number of aryl methyl sites for hydroxylation is 1. The summed E-state index contributed by atoms with van der Waals surface area (Å²) in [5.41, 5.74) is 0. The number of carbonyl (C=O) groups is 1. The number of aliphatic imine (C=N–C) groups is 1. The topological polar surface area (TPSA) is 84.6 Å². The summed E-state index contributed by atoms with van der Waals surface area (Å²) >= 11 is 0. The van der Waals surface area contributed by atoms with Crippen molar-refractivity contribution in [3.63, 3.8) is 0 Å². The van der Waals surface area contributed by atoms with E-state index in [-0.39, 0.29) is 35.9 Å². The van der Waals surface area contributed by atoms with E-state index in [1.54, 1.807) is 0 Å². The lowest BCUT2D eigenvalue weighted by Gasteiger charge is -2.34. The normalized spacial score (nSPS) is 17.8. The number of esters is 1. The highest BCUT2D eigenvalue weighted by Crippen LogP contribution is 2.18. The Labute approximate surface area is 166 Å². The Kier molecular flexibility index (Phi) is 9.15. The zero-order chi connectivity index (χ0) is 17.5. The van der Waals surface area contributed by atoms with Crippen LogP contribution in [0.4, 0.5) is 0 Å². The molecule has 9 heteroatoms. The quantitative estimate of drug-likeness (QED) is 0.308. The van der Waals surface area contributed by atoms with E-state index in [1.165, 1.54) is 0 Å². The number of ether oxygens (including phenoxy) is 1. The molecule has 0 aliphatic carbocycles. The molecule has 0 saturated carbocycles. The first-order chi connectivity index (χ1) is 11.6. The smallest absolute Gasteiger partial charge is 0.310 e. The van der Waals surface area contributed by atoms with Gasteiger partial charge in [0.2, 0.25) is 0 Å². The van der Waals surface area contributed by atoms with Gasteiger partial charge >= 0.3 is 5.97 Å². The standard InChI is InChI=1S/C16H28N6O2.HI/c1-5-17-16(18-10-14-20-19-12(3)21(14)4)22-9-7-8-13(11-22)15(23)24-6-2;/h13H,5-11H2,1-4H3,(H,17,18);1H. The van der Waals surface area contributed by atoms with E-state index in [1.807, 2.05) is 32.4 Å². The van der Waals surface area contributed by atoms with Crippen LogP contribution >= 0.6 is 24.0 Å². The SMILES string of the molecule is CCNC(=NCc1nnc(C)n1C)N1CCCC(C(=O)OCC)C1.I. The van der Waals surface area contributed by atoms with Crippen molar-refractivity contribution in [2.45, 2.75) is 40.2 Å². The summed E-state index contributed by atoms with van der Waals surface area (Å²) in [5.74, 6) is 2.31. The average Bonchev–Trinajstić information content (AvgIpc) is 2.91. The number of nitrogens with one attached hydrogen (secondary N) is 1. The molecule has 1 aliphatic heterocycles. The number of aromatic nitrogens is 3. The molecule has 0 radical (unpaired) electrons. The van der Waals surface area contributed by atoms with Crippen LogP contribution in [0.2, 0.25) is 0 Å². The summed E-state index contributed by atoms with van der Waals surface area (Å²) in [5, 5.41) is 11.5. The number of rotatable bonds is 5. The number of carbonyl (C=O) groups excluding carboxylic acids is 1. The Morgan fingerprint density at radius 3 is 2.76 bits per heavy atom. The third-order valence-electron chi connectivity index (χ3n) is 4.23. The molecule has 0 amide bonds. The number of likely N-dealkylation sites (tertiary alicyclic amines) is 1. The maximum absolute atomic E-state index is 12.0. The molecule has 2 rings (SSSR count). The summed E-state index contributed by atoms with van der Waals surface area (Å²) in [6.45, 7) is 8.98. The lowest BCUT2D eigenvalue weighted by molar-refractivity contribution is -0.149. The predicted octanol–water partition coefficient (Wildman–Crippen LogP) is 1.48. The van der Waals surface area contributed by atoms with Crippen LogP contribution in [0.3, 0.4) is 0 Å².